The molecule has 2 unspecified atom stereocenters. The zero-order valence-corrected chi connectivity index (χ0v) is 6.64. The van der Waals surface area contributed by atoms with Crippen LogP contribution in [0, 0.1) is 5.92 Å². The van der Waals surface area contributed by atoms with E-state index in [4.69, 9.17) is 5.11 Å². The van der Waals surface area contributed by atoms with Gasteiger partial charge in [-0.1, -0.05) is 19.8 Å². The Balaban J connectivity index is 2.05. The summed E-state index contributed by atoms with van der Waals surface area (Å²) >= 11 is 0. The van der Waals surface area contributed by atoms with E-state index in [0.29, 0.717) is 12.6 Å². The molecule has 1 aliphatic heterocycles. The van der Waals surface area contributed by atoms with Crippen molar-refractivity contribution in [2.24, 2.45) is 5.92 Å². The summed E-state index contributed by atoms with van der Waals surface area (Å²) in [6.07, 6.45) is 3.87. The third kappa shape index (κ3) is 1.70. The molecule has 60 valence electrons. The highest BCUT2D eigenvalue weighted by molar-refractivity contribution is 4.86. The van der Waals surface area contributed by atoms with Gasteiger partial charge in [0.15, 0.2) is 0 Å². The molecule has 2 atom stereocenters. The number of aliphatic hydroxyl groups is 1. The first-order valence-corrected chi connectivity index (χ1v) is 4.22. The monoisotopic (exact) mass is 143 g/mol. The molecule has 1 saturated heterocycles. The first-order chi connectivity index (χ1) is 4.88. The SMILES string of the molecule is CCCCC1CNC1CO. The number of hydrogen-bond acceptors (Lipinski definition) is 2. The summed E-state index contributed by atoms with van der Waals surface area (Å²) in [5.74, 6) is 0.755. The third-order valence-corrected chi connectivity index (χ3v) is 2.34. The van der Waals surface area contributed by atoms with E-state index in [-0.39, 0.29) is 0 Å². The zero-order chi connectivity index (χ0) is 7.40. The fourth-order valence-electron chi connectivity index (χ4n) is 1.43. The Morgan fingerprint density at radius 2 is 2.40 bits per heavy atom. The van der Waals surface area contributed by atoms with Crippen LogP contribution in [-0.2, 0) is 0 Å². The minimum atomic E-state index is 0.314. The largest absolute Gasteiger partial charge is 0.395 e. The van der Waals surface area contributed by atoms with Gasteiger partial charge in [0.25, 0.3) is 0 Å². The Hall–Kier alpha value is -0.0800. The fraction of sp³-hybridized carbons (Fsp3) is 1.00. The first-order valence-electron chi connectivity index (χ1n) is 4.22. The van der Waals surface area contributed by atoms with E-state index in [1.807, 2.05) is 0 Å². The molecule has 0 bridgehead atoms. The lowest BCUT2D eigenvalue weighted by molar-refractivity contribution is 0.128. The molecular formula is C8H17NO. The van der Waals surface area contributed by atoms with Crippen LogP contribution < -0.4 is 5.32 Å². The van der Waals surface area contributed by atoms with E-state index < -0.39 is 0 Å². The van der Waals surface area contributed by atoms with Gasteiger partial charge in [-0.25, -0.2) is 0 Å². The molecule has 2 heteroatoms. The van der Waals surface area contributed by atoms with E-state index in [1.165, 1.54) is 19.3 Å². The summed E-state index contributed by atoms with van der Waals surface area (Å²) in [5, 5.41) is 12.0. The maximum Gasteiger partial charge on any atom is 0.0587 e. The van der Waals surface area contributed by atoms with Crippen molar-refractivity contribution in [2.45, 2.75) is 32.2 Å². The second-order valence-electron chi connectivity index (χ2n) is 3.10. The quantitative estimate of drug-likeness (QED) is 0.609. The Morgan fingerprint density at radius 3 is 2.80 bits per heavy atom. The van der Waals surface area contributed by atoms with Gasteiger partial charge in [-0.3, -0.25) is 0 Å². The Morgan fingerprint density at radius 1 is 1.60 bits per heavy atom. The summed E-state index contributed by atoms with van der Waals surface area (Å²) in [6.45, 7) is 3.64. The molecule has 0 radical (unpaired) electrons. The maximum atomic E-state index is 8.79. The van der Waals surface area contributed by atoms with E-state index in [1.54, 1.807) is 0 Å². The summed E-state index contributed by atoms with van der Waals surface area (Å²) in [4.78, 5) is 0. The molecule has 0 aromatic heterocycles. The summed E-state index contributed by atoms with van der Waals surface area (Å²) in [6, 6.07) is 0.409. The van der Waals surface area contributed by atoms with Crippen LogP contribution in [0.1, 0.15) is 26.2 Å². The molecule has 0 saturated carbocycles. The molecular weight excluding hydrogens is 126 g/mol. The molecule has 0 spiro atoms. The molecule has 1 rings (SSSR count). The van der Waals surface area contributed by atoms with Crippen LogP contribution in [0.25, 0.3) is 0 Å². The molecule has 0 aromatic carbocycles. The average Bonchev–Trinajstić information content (AvgIpc) is 1.88. The van der Waals surface area contributed by atoms with Gasteiger partial charge < -0.3 is 10.4 Å². The van der Waals surface area contributed by atoms with Gasteiger partial charge in [-0.05, 0) is 18.9 Å². The highest BCUT2D eigenvalue weighted by Gasteiger charge is 2.28. The van der Waals surface area contributed by atoms with Crippen LogP contribution in [0.3, 0.4) is 0 Å². The van der Waals surface area contributed by atoms with Crippen molar-refractivity contribution >= 4 is 0 Å². The van der Waals surface area contributed by atoms with Crippen LogP contribution in [0.2, 0.25) is 0 Å². The maximum absolute atomic E-state index is 8.79. The average molecular weight is 143 g/mol. The van der Waals surface area contributed by atoms with E-state index in [0.717, 1.165) is 12.5 Å². The van der Waals surface area contributed by atoms with Crippen LogP contribution in [0.5, 0.6) is 0 Å². The molecule has 1 heterocycles. The van der Waals surface area contributed by atoms with Crippen LogP contribution in [0.4, 0.5) is 0 Å². The first kappa shape index (κ1) is 8.02. The van der Waals surface area contributed by atoms with E-state index in [9.17, 15) is 0 Å². The Kier molecular flexibility index (Phi) is 3.16. The van der Waals surface area contributed by atoms with Crippen molar-refractivity contribution in [3.05, 3.63) is 0 Å². The van der Waals surface area contributed by atoms with Gasteiger partial charge in [-0.2, -0.15) is 0 Å². The van der Waals surface area contributed by atoms with Crippen molar-refractivity contribution < 1.29 is 5.11 Å². The Bertz CT molecular complexity index is 93.3. The summed E-state index contributed by atoms with van der Waals surface area (Å²) in [7, 11) is 0. The molecule has 0 amide bonds. The Labute approximate surface area is 62.6 Å². The second-order valence-corrected chi connectivity index (χ2v) is 3.10. The van der Waals surface area contributed by atoms with Crippen molar-refractivity contribution in [1.82, 2.24) is 5.32 Å². The predicted molar refractivity (Wildman–Crippen MR) is 41.9 cm³/mol. The van der Waals surface area contributed by atoms with Crippen LogP contribution >= 0.6 is 0 Å². The highest BCUT2D eigenvalue weighted by Crippen LogP contribution is 2.18. The van der Waals surface area contributed by atoms with Gasteiger partial charge in [0, 0.05) is 6.04 Å². The van der Waals surface area contributed by atoms with Crippen LogP contribution in [-0.4, -0.2) is 24.3 Å². The molecule has 0 aromatic rings. The number of hydrogen-bond donors (Lipinski definition) is 2. The standard InChI is InChI=1S/C8H17NO/c1-2-3-4-7-5-9-8(7)6-10/h7-10H,2-6H2,1H3. The minimum absolute atomic E-state index is 0.314. The smallest absolute Gasteiger partial charge is 0.0587 e. The lowest BCUT2D eigenvalue weighted by atomic mass is 9.88. The third-order valence-electron chi connectivity index (χ3n) is 2.34. The normalized spacial score (nSPS) is 31.8. The lowest BCUT2D eigenvalue weighted by Gasteiger charge is -2.36. The van der Waals surface area contributed by atoms with Crippen LogP contribution in [0.15, 0.2) is 0 Å². The number of unbranched alkanes of at least 4 members (excludes halogenated alkanes) is 1. The second kappa shape index (κ2) is 3.94. The van der Waals surface area contributed by atoms with Gasteiger partial charge in [0.05, 0.1) is 6.61 Å². The van der Waals surface area contributed by atoms with Gasteiger partial charge >= 0.3 is 0 Å². The van der Waals surface area contributed by atoms with Gasteiger partial charge in [-0.15, -0.1) is 0 Å². The lowest BCUT2D eigenvalue weighted by Crippen LogP contribution is -2.54. The predicted octanol–water partition coefficient (Wildman–Crippen LogP) is 0.757. The van der Waals surface area contributed by atoms with E-state index in [2.05, 4.69) is 12.2 Å². The highest BCUT2D eigenvalue weighted by atomic mass is 16.3. The van der Waals surface area contributed by atoms with E-state index >= 15 is 0 Å². The van der Waals surface area contributed by atoms with Crippen molar-refractivity contribution in [2.75, 3.05) is 13.2 Å². The van der Waals surface area contributed by atoms with Gasteiger partial charge in [0.2, 0.25) is 0 Å². The van der Waals surface area contributed by atoms with Crippen molar-refractivity contribution in [1.29, 1.82) is 0 Å². The molecule has 0 aliphatic carbocycles. The minimum Gasteiger partial charge on any atom is -0.395 e. The van der Waals surface area contributed by atoms with Crippen molar-refractivity contribution in [3.63, 3.8) is 0 Å². The molecule has 2 N–H and O–H groups in total. The fourth-order valence-corrected chi connectivity index (χ4v) is 1.43. The number of nitrogens with one attached hydrogen (secondary N) is 1. The molecule has 2 nitrogen and oxygen atoms in total. The van der Waals surface area contributed by atoms with Crippen molar-refractivity contribution in [3.8, 4) is 0 Å². The molecule has 1 fully saturated rings. The number of rotatable bonds is 4. The summed E-state index contributed by atoms with van der Waals surface area (Å²) in [5.41, 5.74) is 0. The molecule has 10 heavy (non-hydrogen) atoms. The van der Waals surface area contributed by atoms with Gasteiger partial charge in [0.1, 0.15) is 0 Å². The molecule has 1 aliphatic rings. The number of aliphatic hydroxyl groups excluding tert-OH is 1. The topological polar surface area (TPSA) is 32.3 Å². The summed E-state index contributed by atoms with van der Waals surface area (Å²) < 4.78 is 0. The zero-order valence-electron chi connectivity index (χ0n) is 6.64.